The second-order valence-corrected chi connectivity index (χ2v) is 8.16. The third kappa shape index (κ3) is 3.74. The van der Waals surface area contributed by atoms with Crippen molar-refractivity contribution in [2.75, 3.05) is 5.73 Å². The third-order valence-corrected chi connectivity index (χ3v) is 6.05. The standard InChI is InChI=1S/C25H29N5O/c1-5-15(3)17-11-13-18(14-12-17)30-23(26)21(25(31)27-16(4)6-2)22-24(30)29-20-10-8-7-9-19(20)28-22/h7-16H,5-6,26H2,1-4H3,(H,27,31)/t15-,16+/m1/s1. The van der Waals surface area contributed by atoms with Gasteiger partial charge in [-0.05, 0) is 55.5 Å². The molecule has 0 radical (unpaired) electrons. The number of nitrogens with one attached hydrogen (secondary N) is 1. The molecule has 2 heterocycles. The number of nitrogen functional groups attached to an aromatic ring is 1. The first-order chi connectivity index (χ1) is 14.9. The summed E-state index contributed by atoms with van der Waals surface area (Å²) in [6.07, 6.45) is 1.90. The molecule has 3 N–H and O–H groups in total. The van der Waals surface area contributed by atoms with Crippen LogP contribution in [-0.2, 0) is 0 Å². The van der Waals surface area contributed by atoms with Gasteiger partial charge in [-0.2, -0.15) is 0 Å². The highest BCUT2D eigenvalue weighted by atomic mass is 16.1. The van der Waals surface area contributed by atoms with E-state index in [0.717, 1.165) is 29.6 Å². The molecule has 2 aromatic heterocycles. The highest BCUT2D eigenvalue weighted by Gasteiger charge is 2.25. The average Bonchev–Trinajstić information content (AvgIpc) is 3.07. The molecule has 31 heavy (non-hydrogen) atoms. The van der Waals surface area contributed by atoms with E-state index in [9.17, 15) is 4.79 Å². The highest BCUT2D eigenvalue weighted by Crippen LogP contribution is 2.31. The first-order valence-electron chi connectivity index (χ1n) is 10.9. The number of benzene rings is 2. The molecule has 2 aromatic carbocycles. The monoisotopic (exact) mass is 415 g/mol. The van der Waals surface area contributed by atoms with E-state index in [4.69, 9.17) is 15.7 Å². The van der Waals surface area contributed by atoms with Gasteiger partial charge in [-0.1, -0.05) is 45.0 Å². The number of para-hydroxylation sites is 2. The smallest absolute Gasteiger partial charge is 0.257 e. The van der Waals surface area contributed by atoms with E-state index < -0.39 is 0 Å². The minimum atomic E-state index is -0.226. The number of hydrogen-bond acceptors (Lipinski definition) is 4. The molecule has 0 saturated carbocycles. The number of carbonyl (C=O) groups is 1. The third-order valence-electron chi connectivity index (χ3n) is 6.05. The Kier molecular flexibility index (Phi) is 5.63. The van der Waals surface area contributed by atoms with Crippen molar-refractivity contribution in [2.24, 2.45) is 0 Å². The van der Waals surface area contributed by atoms with Crippen LogP contribution in [-0.4, -0.2) is 26.5 Å². The van der Waals surface area contributed by atoms with Crippen LogP contribution in [0.15, 0.2) is 48.5 Å². The Bertz CT molecular complexity index is 1240. The Balaban J connectivity index is 1.95. The van der Waals surface area contributed by atoms with Gasteiger partial charge in [-0.15, -0.1) is 0 Å². The minimum Gasteiger partial charge on any atom is -0.384 e. The molecule has 0 aliphatic rings. The fraction of sp³-hybridized carbons (Fsp3) is 0.320. The quantitative estimate of drug-likeness (QED) is 0.453. The number of carbonyl (C=O) groups excluding carboxylic acids is 1. The molecular formula is C25H29N5O. The van der Waals surface area contributed by atoms with E-state index in [1.54, 1.807) is 0 Å². The van der Waals surface area contributed by atoms with Crippen LogP contribution in [0.2, 0.25) is 0 Å². The maximum Gasteiger partial charge on any atom is 0.257 e. The Labute approximate surface area is 182 Å². The van der Waals surface area contributed by atoms with Gasteiger partial charge in [0.05, 0.1) is 11.0 Å². The number of anilines is 1. The number of rotatable bonds is 6. The molecule has 0 unspecified atom stereocenters. The van der Waals surface area contributed by atoms with Crippen LogP contribution in [0.3, 0.4) is 0 Å². The number of hydrogen-bond donors (Lipinski definition) is 2. The normalized spacial score (nSPS) is 13.4. The van der Waals surface area contributed by atoms with Crippen molar-refractivity contribution < 1.29 is 4.79 Å². The average molecular weight is 416 g/mol. The first-order valence-corrected chi connectivity index (χ1v) is 10.9. The Hall–Kier alpha value is -3.41. The van der Waals surface area contributed by atoms with E-state index in [-0.39, 0.29) is 11.9 Å². The number of nitrogens with zero attached hydrogens (tertiary/aromatic N) is 3. The lowest BCUT2D eigenvalue weighted by atomic mass is 9.99. The van der Waals surface area contributed by atoms with Gasteiger partial charge in [0.25, 0.3) is 5.91 Å². The van der Waals surface area contributed by atoms with Crippen LogP contribution in [0.25, 0.3) is 27.9 Å². The van der Waals surface area contributed by atoms with Crippen molar-refractivity contribution in [2.45, 2.75) is 52.5 Å². The van der Waals surface area contributed by atoms with Crippen molar-refractivity contribution in [3.05, 3.63) is 59.7 Å². The van der Waals surface area contributed by atoms with E-state index in [2.05, 4.69) is 31.3 Å². The maximum absolute atomic E-state index is 13.1. The van der Waals surface area contributed by atoms with E-state index >= 15 is 0 Å². The Morgan fingerprint density at radius 3 is 2.26 bits per heavy atom. The fourth-order valence-electron chi connectivity index (χ4n) is 3.73. The summed E-state index contributed by atoms with van der Waals surface area (Å²) >= 11 is 0. The van der Waals surface area contributed by atoms with Crippen molar-refractivity contribution in [3.8, 4) is 5.69 Å². The van der Waals surface area contributed by atoms with Crippen LogP contribution in [0, 0.1) is 0 Å². The number of aromatic nitrogens is 3. The molecule has 0 aliphatic heterocycles. The molecule has 160 valence electrons. The molecule has 4 aromatic rings. The lowest BCUT2D eigenvalue weighted by molar-refractivity contribution is 0.0941. The SMILES string of the molecule is CC[C@@H](C)c1ccc(-n2c(N)c(C(=O)N[C@@H](C)CC)c3nc4ccccc4nc32)cc1. The summed E-state index contributed by atoms with van der Waals surface area (Å²) in [5.74, 6) is 0.604. The van der Waals surface area contributed by atoms with Gasteiger partial charge in [0.2, 0.25) is 0 Å². The molecule has 0 spiro atoms. The van der Waals surface area contributed by atoms with E-state index in [0.29, 0.717) is 28.5 Å². The van der Waals surface area contributed by atoms with Gasteiger partial charge < -0.3 is 11.1 Å². The van der Waals surface area contributed by atoms with Crippen LogP contribution in [0.5, 0.6) is 0 Å². The molecule has 0 saturated heterocycles. The fourth-order valence-corrected chi connectivity index (χ4v) is 3.73. The topological polar surface area (TPSA) is 85.8 Å². The van der Waals surface area contributed by atoms with Crippen LogP contribution >= 0.6 is 0 Å². The number of amides is 1. The molecule has 6 heteroatoms. The van der Waals surface area contributed by atoms with Gasteiger partial charge in [-0.3, -0.25) is 9.36 Å². The van der Waals surface area contributed by atoms with E-state index in [1.807, 2.05) is 54.8 Å². The molecule has 0 aliphatic carbocycles. The second kappa shape index (κ2) is 8.38. The number of nitrogens with two attached hydrogens (primary N) is 1. The molecular weight excluding hydrogens is 386 g/mol. The number of fused-ring (bicyclic) bond motifs is 2. The van der Waals surface area contributed by atoms with Crippen molar-refractivity contribution in [1.29, 1.82) is 0 Å². The van der Waals surface area contributed by atoms with Crippen molar-refractivity contribution in [3.63, 3.8) is 0 Å². The molecule has 4 rings (SSSR count). The van der Waals surface area contributed by atoms with Crippen molar-refractivity contribution in [1.82, 2.24) is 19.9 Å². The second-order valence-electron chi connectivity index (χ2n) is 8.16. The summed E-state index contributed by atoms with van der Waals surface area (Å²) in [6.45, 7) is 8.40. The van der Waals surface area contributed by atoms with Gasteiger partial charge in [-0.25, -0.2) is 9.97 Å². The van der Waals surface area contributed by atoms with Crippen LogP contribution in [0.1, 0.15) is 62.4 Å². The summed E-state index contributed by atoms with van der Waals surface area (Å²) < 4.78 is 1.83. The maximum atomic E-state index is 13.1. The van der Waals surface area contributed by atoms with Gasteiger partial charge >= 0.3 is 0 Å². The highest BCUT2D eigenvalue weighted by molar-refractivity contribution is 6.11. The van der Waals surface area contributed by atoms with E-state index in [1.165, 1.54) is 5.56 Å². The van der Waals surface area contributed by atoms with Gasteiger partial charge in [0, 0.05) is 11.7 Å². The minimum absolute atomic E-state index is 0.0357. The summed E-state index contributed by atoms with van der Waals surface area (Å²) in [6, 6.07) is 16.0. The summed E-state index contributed by atoms with van der Waals surface area (Å²) in [5.41, 5.74) is 11.7. The zero-order chi connectivity index (χ0) is 22.1. The van der Waals surface area contributed by atoms with Crippen LogP contribution < -0.4 is 11.1 Å². The molecule has 6 nitrogen and oxygen atoms in total. The Morgan fingerprint density at radius 1 is 1.00 bits per heavy atom. The lowest BCUT2D eigenvalue weighted by Crippen LogP contribution is -2.32. The van der Waals surface area contributed by atoms with Crippen LogP contribution in [0.4, 0.5) is 5.82 Å². The zero-order valence-corrected chi connectivity index (χ0v) is 18.5. The largest absolute Gasteiger partial charge is 0.384 e. The summed E-state index contributed by atoms with van der Waals surface area (Å²) in [5, 5.41) is 3.02. The predicted octanol–water partition coefficient (Wildman–Crippen LogP) is 5.20. The molecule has 2 atom stereocenters. The molecule has 0 fully saturated rings. The van der Waals surface area contributed by atoms with Gasteiger partial charge in [0.1, 0.15) is 16.9 Å². The molecule has 0 bridgehead atoms. The predicted molar refractivity (Wildman–Crippen MR) is 127 cm³/mol. The summed E-state index contributed by atoms with van der Waals surface area (Å²) in [4.78, 5) is 22.7. The molecule has 1 amide bonds. The van der Waals surface area contributed by atoms with Gasteiger partial charge in [0.15, 0.2) is 5.65 Å². The van der Waals surface area contributed by atoms with Crippen molar-refractivity contribution >= 4 is 33.9 Å². The zero-order valence-electron chi connectivity index (χ0n) is 18.5. The summed E-state index contributed by atoms with van der Waals surface area (Å²) in [7, 11) is 0. The Morgan fingerprint density at radius 2 is 1.65 bits per heavy atom. The lowest BCUT2D eigenvalue weighted by Gasteiger charge is -2.13. The first kappa shape index (κ1) is 20.8.